The van der Waals surface area contributed by atoms with Crippen LogP contribution in [-0.4, -0.2) is 48.1 Å². The Hall–Kier alpha value is -2.08. The molecule has 0 unspecified atom stereocenters. The van der Waals surface area contributed by atoms with Gasteiger partial charge in [0.1, 0.15) is 0 Å². The molecule has 3 amide bonds. The monoisotopic (exact) mass is 372 g/mol. The van der Waals surface area contributed by atoms with Gasteiger partial charge in [0.25, 0.3) is 0 Å². The minimum atomic E-state index is -0.508. The Morgan fingerprint density at radius 3 is 2.19 bits per heavy atom. The SMILES string of the molecule is N[C@@H](Cc1ccccc1)C(=O)N1CCC(NC(=O)NC2CCCCC2)CC1. The predicted molar refractivity (Wildman–Crippen MR) is 106 cm³/mol. The highest BCUT2D eigenvalue weighted by Gasteiger charge is 2.27. The van der Waals surface area contributed by atoms with Crippen LogP contribution in [0.4, 0.5) is 4.79 Å². The number of nitrogens with one attached hydrogen (secondary N) is 2. The average Bonchev–Trinajstić information content (AvgIpc) is 2.69. The van der Waals surface area contributed by atoms with Gasteiger partial charge in [-0.3, -0.25) is 4.79 Å². The maximum absolute atomic E-state index is 12.6. The fourth-order valence-corrected chi connectivity index (χ4v) is 4.09. The number of carbonyl (C=O) groups excluding carboxylic acids is 2. The van der Waals surface area contributed by atoms with E-state index in [9.17, 15) is 9.59 Å². The maximum Gasteiger partial charge on any atom is 0.315 e. The molecule has 0 spiro atoms. The molecular weight excluding hydrogens is 340 g/mol. The molecule has 1 saturated carbocycles. The molecule has 1 saturated heterocycles. The third-order valence-corrected chi connectivity index (χ3v) is 5.70. The lowest BCUT2D eigenvalue weighted by molar-refractivity contribution is -0.133. The summed E-state index contributed by atoms with van der Waals surface area (Å²) >= 11 is 0. The van der Waals surface area contributed by atoms with Gasteiger partial charge in [-0.25, -0.2) is 4.79 Å². The van der Waals surface area contributed by atoms with E-state index >= 15 is 0 Å². The summed E-state index contributed by atoms with van der Waals surface area (Å²) in [6, 6.07) is 9.74. The van der Waals surface area contributed by atoms with E-state index in [1.165, 1.54) is 19.3 Å². The zero-order valence-corrected chi connectivity index (χ0v) is 16.0. The summed E-state index contributed by atoms with van der Waals surface area (Å²) in [4.78, 5) is 26.6. The summed E-state index contributed by atoms with van der Waals surface area (Å²) in [5.74, 6) is 0.00367. The van der Waals surface area contributed by atoms with E-state index in [-0.39, 0.29) is 18.0 Å². The first-order valence-corrected chi connectivity index (χ1v) is 10.3. The zero-order valence-electron chi connectivity index (χ0n) is 16.0. The Balaban J connectivity index is 1.38. The van der Waals surface area contributed by atoms with Crippen molar-refractivity contribution in [2.24, 2.45) is 5.73 Å². The Kier molecular flexibility index (Phi) is 7.10. The molecule has 0 aromatic heterocycles. The molecule has 2 aliphatic rings. The number of rotatable bonds is 5. The van der Waals surface area contributed by atoms with Gasteiger partial charge in [-0.05, 0) is 37.7 Å². The minimum absolute atomic E-state index is 0.00367. The molecule has 1 heterocycles. The highest BCUT2D eigenvalue weighted by molar-refractivity contribution is 5.82. The number of benzene rings is 1. The molecule has 148 valence electrons. The number of amides is 3. The van der Waals surface area contributed by atoms with E-state index in [4.69, 9.17) is 5.73 Å². The largest absolute Gasteiger partial charge is 0.341 e. The molecule has 1 aliphatic carbocycles. The van der Waals surface area contributed by atoms with Gasteiger partial charge in [0.05, 0.1) is 6.04 Å². The van der Waals surface area contributed by atoms with Gasteiger partial charge in [0, 0.05) is 25.2 Å². The number of hydrogen-bond acceptors (Lipinski definition) is 3. The van der Waals surface area contributed by atoms with Crippen LogP contribution in [0, 0.1) is 0 Å². The first-order chi connectivity index (χ1) is 13.1. The van der Waals surface area contributed by atoms with Crippen molar-refractivity contribution in [2.45, 2.75) is 69.5 Å². The van der Waals surface area contributed by atoms with Crippen molar-refractivity contribution in [3.05, 3.63) is 35.9 Å². The molecule has 3 rings (SSSR count). The Morgan fingerprint density at radius 1 is 0.963 bits per heavy atom. The maximum atomic E-state index is 12.6. The Morgan fingerprint density at radius 2 is 1.56 bits per heavy atom. The molecule has 1 aromatic carbocycles. The summed E-state index contributed by atoms with van der Waals surface area (Å²) in [6.07, 6.45) is 7.97. The highest BCUT2D eigenvalue weighted by atomic mass is 16.2. The minimum Gasteiger partial charge on any atom is -0.341 e. The van der Waals surface area contributed by atoms with Crippen molar-refractivity contribution in [2.75, 3.05) is 13.1 Å². The second-order valence-electron chi connectivity index (χ2n) is 7.85. The van der Waals surface area contributed by atoms with Crippen LogP contribution in [0.25, 0.3) is 0 Å². The summed E-state index contributed by atoms with van der Waals surface area (Å²) in [7, 11) is 0. The topological polar surface area (TPSA) is 87.5 Å². The van der Waals surface area contributed by atoms with Crippen molar-refractivity contribution < 1.29 is 9.59 Å². The molecule has 2 fully saturated rings. The van der Waals surface area contributed by atoms with Crippen LogP contribution in [0.15, 0.2) is 30.3 Å². The number of piperidine rings is 1. The van der Waals surface area contributed by atoms with Gasteiger partial charge < -0.3 is 21.3 Å². The van der Waals surface area contributed by atoms with Crippen LogP contribution in [0.1, 0.15) is 50.5 Å². The van der Waals surface area contributed by atoms with E-state index in [0.29, 0.717) is 25.6 Å². The molecule has 4 N–H and O–H groups in total. The molecule has 1 aliphatic heterocycles. The molecule has 0 bridgehead atoms. The summed E-state index contributed by atoms with van der Waals surface area (Å²) in [5.41, 5.74) is 7.21. The van der Waals surface area contributed by atoms with Crippen LogP contribution < -0.4 is 16.4 Å². The van der Waals surface area contributed by atoms with Gasteiger partial charge in [0.15, 0.2) is 0 Å². The quantitative estimate of drug-likeness (QED) is 0.740. The van der Waals surface area contributed by atoms with Gasteiger partial charge in [-0.2, -0.15) is 0 Å². The first-order valence-electron chi connectivity index (χ1n) is 10.3. The standard InChI is InChI=1S/C21H32N4O2/c22-19(15-16-7-3-1-4-8-16)20(26)25-13-11-18(12-14-25)24-21(27)23-17-9-5-2-6-10-17/h1,3-4,7-8,17-19H,2,5-6,9-15,22H2,(H2,23,24,27)/t19-/m0/s1. The van der Waals surface area contributed by atoms with E-state index in [2.05, 4.69) is 10.6 Å². The van der Waals surface area contributed by atoms with Crippen LogP contribution in [0.2, 0.25) is 0 Å². The lowest BCUT2D eigenvalue weighted by atomic mass is 9.96. The van der Waals surface area contributed by atoms with Crippen molar-refractivity contribution in [3.63, 3.8) is 0 Å². The van der Waals surface area contributed by atoms with E-state index in [1.807, 2.05) is 35.2 Å². The molecule has 27 heavy (non-hydrogen) atoms. The van der Waals surface area contributed by atoms with Gasteiger partial charge in [-0.15, -0.1) is 0 Å². The zero-order chi connectivity index (χ0) is 19.1. The van der Waals surface area contributed by atoms with Crippen molar-refractivity contribution >= 4 is 11.9 Å². The lowest BCUT2D eigenvalue weighted by Gasteiger charge is -2.34. The summed E-state index contributed by atoms with van der Waals surface area (Å²) in [5, 5.41) is 6.17. The van der Waals surface area contributed by atoms with E-state index in [1.54, 1.807) is 0 Å². The fraction of sp³-hybridized carbons (Fsp3) is 0.619. The van der Waals surface area contributed by atoms with Crippen molar-refractivity contribution in [1.82, 2.24) is 15.5 Å². The lowest BCUT2D eigenvalue weighted by Crippen LogP contribution is -2.53. The summed E-state index contributed by atoms with van der Waals surface area (Å²) in [6.45, 7) is 1.30. The second-order valence-corrected chi connectivity index (χ2v) is 7.85. The number of urea groups is 1. The first kappa shape index (κ1) is 19.7. The normalized spacial score (nSPS) is 20.1. The molecule has 6 nitrogen and oxygen atoms in total. The average molecular weight is 373 g/mol. The van der Waals surface area contributed by atoms with Gasteiger partial charge in [-0.1, -0.05) is 49.6 Å². The molecule has 1 atom stereocenters. The van der Waals surface area contributed by atoms with Gasteiger partial charge >= 0.3 is 6.03 Å². The summed E-state index contributed by atoms with van der Waals surface area (Å²) < 4.78 is 0. The number of nitrogens with two attached hydrogens (primary N) is 1. The third kappa shape index (κ3) is 5.96. The Labute approximate surface area is 161 Å². The number of likely N-dealkylation sites (tertiary alicyclic amines) is 1. The smallest absolute Gasteiger partial charge is 0.315 e. The van der Waals surface area contributed by atoms with Crippen LogP contribution in [-0.2, 0) is 11.2 Å². The highest BCUT2D eigenvalue weighted by Crippen LogP contribution is 2.17. The fourth-order valence-electron chi connectivity index (χ4n) is 4.09. The van der Waals surface area contributed by atoms with E-state index < -0.39 is 6.04 Å². The van der Waals surface area contributed by atoms with Crippen molar-refractivity contribution in [3.8, 4) is 0 Å². The Bertz CT molecular complexity index is 608. The molecule has 1 aromatic rings. The van der Waals surface area contributed by atoms with E-state index in [0.717, 1.165) is 31.2 Å². The van der Waals surface area contributed by atoms with Crippen LogP contribution >= 0.6 is 0 Å². The van der Waals surface area contributed by atoms with Gasteiger partial charge in [0.2, 0.25) is 5.91 Å². The number of carbonyl (C=O) groups is 2. The number of hydrogen-bond donors (Lipinski definition) is 3. The molecule has 6 heteroatoms. The van der Waals surface area contributed by atoms with Crippen molar-refractivity contribution in [1.29, 1.82) is 0 Å². The third-order valence-electron chi connectivity index (χ3n) is 5.70. The predicted octanol–water partition coefficient (Wildman–Crippen LogP) is 2.18. The molecular formula is C21H32N4O2. The van der Waals surface area contributed by atoms with Crippen LogP contribution in [0.3, 0.4) is 0 Å². The van der Waals surface area contributed by atoms with Crippen LogP contribution in [0.5, 0.6) is 0 Å². The molecule has 0 radical (unpaired) electrons. The second kappa shape index (κ2) is 9.74. The number of nitrogens with zero attached hydrogens (tertiary/aromatic N) is 1.